The van der Waals surface area contributed by atoms with Crippen molar-refractivity contribution < 1.29 is 21.2 Å². The van der Waals surface area contributed by atoms with Crippen molar-refractivity contribution in [1.29, 1.82) is 0 Å². The maximum absolute atomic E-state index is 4.75. The number of hydrogen-bond acceptors (Lipinski definition) is 1. The number of benzene rings is 2. The molecule has 21 heavy (non-hydrogen) atoms. The van der Waals surface area contributed by atoms with Gasteiger partial charge in [0.2, 0.25) is 0 Å². The zero-order chi connectivity index (χ0) is 14.7. The molecule has 0 fully saturated rings. The molecule has 1 heterocycles. The first-order valence-corrected chi connectivity index (χ1v) is 9.17. The zero-order valence-corrected chi connectivity index (χ0v) is 14.4. The van der Waals surface area contributed by atoms with Gasteiger partial charge in [0.05, 0.1) is 0 Å². The van der Waals surface area contributed by atoms with Gasteiger partial charge in [0.15, 0.2) is 0 Å². The van der Waals surface area contributed by atoms with Crippen molar-refractivity contribution >= 4 is 0 Å². The van der Waals surface area contributed by atoms with Gasteiger partial charge in [0.1, 0.15) is 0 Å². The van der Waals surface area contributed by atoms with Crippen LogP contribution in [0.3, 0.4) is 0 Å². The molecule has 0 spiro atoms. The van der Waals surface area contributed by atoms with Gasteiger partial charge >= 0.3 is 136 Å². The molecule has 0 aliphatic rings. The molecule has 0 aliphatic carbocycles. The van der Waals surface area contributed by atoms with Crippen LogP contribution in [-0.4, -0.2) is 9.78 Å². The van der Waals surface area contributed by atoms with Crippen LogP contribution in [0.4, 0.5) is 0 Å². The van der Waals surface area contributed by atoms with Crippen molar-refractivity contribution in [3.8, 4) is 0 Å². The van der Waals surface area contributed by atoms with Crippen LogP contribution in [0.5, 0.6) is 0 Å². The fourth-order valence-electron chi connectivity index (χ4n) is 2.31. The Morgan fingerprint density at radius 2 is 1.52 bits per heavy atom. The van der Waals surface area contributed by atoms with Crippen molar-refractivity contribution in [1.82, 2.24) is 9.78 Å². The number of nitrogens with zero attached hydrogens (tertiary/aromatic N) is 2. The number of aryl methyl sites for hydroxylation is 1. The van der Waals surface area contributed by atoms with E-state index in [0.717, 1.165) is 6.54 Å². The molecule has 0 saturated heterocycles. The van der Waals surface area contributed by atoms with Crippen molar-refractivity contribution in [2.45, 2.75) is 20.4 Å². The summed E-state index contributed by atoms with van der Waals surface area (Å²) in [4.78, 5) is 0. The fraction of sp³-hybridized carbons (Fsp3) is 0.167. The Labute approximate surface area is 136 Å². The average molecular weight is 389 g/mol. The molecule has 0 N–H and O–H groups in total. The van der Waals surface area contributed by atoms with Gasteiger partial charge < -0.3 is 0 Å². The molecular formula is C18H18IN2-. The molecule has 2 nitrogen and oxygen atoms in total. The summed E-state index contributed by atoms with van der Waals surface area (Å²) in [6, 6.07) is 21.3. The Bertz CT molecular complexity index is 718. The Morgan fingerprint density at radius 3 is 2.19 bits per heavy atom. The summed E-state index contributed by atoms with van der Waals surface area (Å²) < 4.78 is 5.04. The van der Waals surface area contributed by atoms with Crippen LogP contribution in [0, 0.1) is 21.0 Å². The van der Waals surface area contributed by atoms with Gasteiger partial charge in [-0.15, -0.1) is 0 Å². The number of aromatic nitrogens is 2. The second kappa shape index (κ2) is 6.43. The average Bonchev–Trinajstić information content (AvgIpc) is 2.77. The van der Waals surface area contributed by atoms with Gasteiger partial charge in [-0.05, 0) is 0 Å². The number of halogens is 1. The van der Waals surface area contributed by atoms with E-state index in [-0.39, 0.29) is 21.2 Å². The fourth-order valence-corrected chi connectivity index (χ4v) is 4.87. The normalized spacial score (nSPS) is 11.0. The van der Waals surface area contributed by atoms with Gasteiger partial charge in [-0.2, -0.15) is 0 Å². The van der Waals surface area contributed by atoms with Gasteiger partial charge in [0.25, 0.3) is 0 Å². The summed E-state index contributed by atoms with van der Waals surface area (Å²) in [5.74, 6) is 0. The summed E-state index contributed by atoms with van der Waals surface area (Å²) in [6.07, 6.45) is 0. The topological polar surface area (TPSA) is 17.8 Å². The standard InChI is InChI=1S/C18H18IN2/c1-14-18(19-17-11-7-4-8-12-17)15(2)21(20-14)13-16-9-5-3-6-10-16/h3-12H,13H2,1-2H3/q-1. The van der Waals surface area contributed by atoms with Crippen molar-refractivity contribution in [3.05, 3.63) is 84.8 Å². The molecule has 2 aromatic carbocycles. The van der Waals surface area contributed by atoms with Crippen LogP contribution in [0.25, 0.3) is 0 Å². The van der Waals surface area contributed by atoms with E-state index in [9.17, 15) is 0 Å². The molecule has 3 aromatic rings. The molecular weight excluding hydrogens is 371 g/mol. The molecule has 0 amide bonds. The monoisotopic (exact) mass is 389 g/mol. The van der Waals surface area contributed by atoms with E-state index in [0.29, 0.717) is 0 Å². The number of rotatable bonds is 4. The van der Waals surface area contributed by atoms with Crippen molar-refractivity contribution in [2.24, 2.45) is 0 Å². The van der Waals surface area contributed by atoms with E-state index in [1.165, 1.54) is 24.1 Å². The van der Waals surface area contributed by atoms with Crippen LogP contribution in [-0.2, 0) is 6.54 Å². The third kappa shape index (κ3) is 3.35. The molecule has 1 aromatic heterocycles. The molecule has 3 rings (SSSR count). The summed E-state index contributed by atoms with van der Waals surface area (Å²) >= 11 is -0.153. The summed E-state index contributed by atoms with van der Waals surface area (Å²) in [6.45, 7) is 5.18. The quantitative estimate of drug-likeness (QED) is 0.601. The van der Waals surface area contributed by atoms with Crippen LogP contribution in [0.2, 0.25) is 0 Å². The van der Waals surface area contributed by atoms with Crippen molar-refractivity contribution in [3.63, 3.8) is 0 Å². The Morgan fingerprint density at radius 1 is 0.905 bits per heavy atom. The molecule has 108 valence electrons. The molecule has 0 saturated carbocycles. The molecule has 0 aliphatic heterocycles. The molecule has 0 radical (unpaired) electrons. The molecule has 0 unspecified atom stereocenters. The summed E-state index contributed by atoms with van der Waals surface area (Å²) in [5, 5.41) is 4.75. The van der Waals surface area contributed by atoms with E-state index in [1.807, 2.05) is 0 Å². The second-order valence-corrected chi connectivity index (χ2v) is 7.88. The third-order valence-corrected chi connectivity index (χ3v) is 6.85. The number of hydrogen-bond donors (Lipinski definition) is 0. The zero-order valence-electron chi connectivity index (χ0n) is 12.3. The first-order chi connectivity index (χ1) is 10.2. The molecule has 3 heteroatoms. The summed E-state index contributed by atoms with van der Waals surface area (Å²) in [5.41, 5.74) is 3.79. The predicted molar refractivity (Wildman–Crippen MR) is 81.1 cm³/mol. The van der Waals surface area contributed by atoms with E-state index in [1.54, 1.807) is 0 Å². The SMILES string of the molecule is Cc1nn(Cc2ccccc2)c(C)c1[I-]c1ccccc1. The minimum atomic E-state index is -0.153. The van der Waals surface area contributed by atoms with E-state index in [2.05, 4.69) is 79.2 Å². The minimum absolute atomic E-state index is 0.153. The predicted octanol–water partition coefficient (Wildman–Crippen LogP) is 0.677. The van der Waals surface area contributed by atoms with Crippen LogP contribution in [0.1, 0.15) is 17.0 Å². The van der Waals surface area contributed by atoms with Crippen LogP contribution in [0.15, 0.2) is 60.7 Å². The van der Waals surface area contributed by atoms with Crippen LogP contribution >= 0.6 is 0 Å². The van der Waals surface area contributed by atoms with Gasteiger partial charge in [-0.1, -0.05) is 0 Å². The second-order valence-electron chi connectivity index (χ2n) is 5.02. The van der Waals surface area contributed by atoms with Gasteiger partial charge in [-0.25, -0.2) is 0 Å². The first kappa shape index (κ1) is 14.3. The Balaban J connectivity index is 1.86. The van der Waals surface area contributed by atoms with E-state index < -0.39 is 0 Å². The Kier molecular flexibility index (Phi) is 4.39. The van der Waals surface area contributed by atoms with Crippen molar-refractivity contribution in [2.75, 3.05) is 0 Å². The van der Waals surface area contributed by atoms with Gasteiger partial charge in [-0.3, -0.25) is 0 Å². The molecule has 0 bridgehead atoms. The third-order valence-electron chi connectivity index (χ3n) is 3.41. The van der Waals surface area contributed by atoms with E-state index >= 15 is 0 Å². The van der Waals surface area contributed by atoms with Crippen LogP contribution < -0.4 is 21.2 Å². The maximum atomic E-state index is 4.75. The Hall–Kier alpha value is -1.62. The molecule has 0 atom stereocenters. The first-order valence-electron chi connectivity index (χ1n) is 7.02. The van der Waals surface area contributed by atoms with Gasteiger partial charge in [0, 0.05) is 0 Å². The van der Waals surface area contributed by atoms with E-state index in [4.69, 9.17) is 5.10 Å². The summed E-state index contributed by atoms with van der Waals surface area (Å²) in [7, 11) is 0.